The summed E-state index contributed by atoms with van der Waals surface area (Å²) in [6.07, 6.45) is -1.49. The van der Waals surface area contributed by atoms with Crippen LogP contribution in [0, 0.1) is 0 Å². The molecule has 1 fully saturated rings. The molecule has 1 aromatic carbocycles. The summed E-state index contributed by atoms with van der Waals surface area (Å²) in [6.45, 7) is 0. The molecular weight excluding hydrogens is 547 g/mol. The molecule has 18 heteroatoms. The number of aromatic nitrogens is 4. The molecule has 2 aromatic rings. The van der Waals surface area contributed by atoms with Crippen molar-refractivity contribution in [1.29, 1.82) is 0 Å². The molecule has 2 amide bonds. The largest absolute Gasteiger partial charge is 0.747 e. The fraction of sp³-hybridized carbons (Fsp3) is 0.333. The minimum Gasteiger partial charge on any atom is -0.747 e. The Balaban J connectivity index is 0.00000361. The number of aliphatic carboxylic acids is 1. The van der Waals surface area contributed by atoms with Crippen molar-refractivity contribution in [2.75, 3.05) is 11.5 Å². The number of hydrogen-bond acceptors (Lipinski definition) is 12. The number of carboxylic acids is 1. The Hall–Kier alpha value is -1.99. The van der Waals surface area contributed by atoms with Gasteiger partial charge in [-0.25, -0.2) is 17.9 Å². The topological polar surface area (TPSA) is 208 Å². The predicted molar refractivity (Wildman–Crippen MR) is 125 cm³/mol. The SMILES string of the molecule is O=C(O)C1=C(CSc2nnnn2CS(=O)(=O)[O-])CS[C@@H]2[C@H](NC(=O)[C@H](O)c3ccccc3)C(=O)N12.[Na]. The van der Waals surface area contributed by atoms with Gasteiger partial charge in [-0.05, 0) is 21.6 Å². The molecule has 1 radical (unpaired) electrons. The summed E-state index contributed by atoms with van der Waals surface area (Å²) in [5.41, 5.74) is 0.448. The van der Waals surface area contributed by atoms with Gasteiger partial charge in [0.15, 0.2) is 6.10 Å². The van der Waals surface area contributed by atoms with Gasteiger partial charge in [0.2, 0.25) is 5.16 Å². The number of amides is 2. The second-order valence-electron chi connectivity index (χ2n) is 7.40. The first-order chi connectivity index (χ1) is 16.6. The summed E-state index contributed by atoms with van der Waals surface area (Å²) < 4.78 is 33.8. The number of benzene rings is 1. The number of thioether (sulfide) groups is 2. The van der Waals surface area contributed by atoms with Crippen LogP contribution in [0.15, 0.2) is 46.8 Å². The van der Waals surface area contributed by atoms with E-state index in [9.17, 15) is 37.6 Å². The fourth-order valence-electron chi connectivity index (χ4n) is 3.50. The standard InChI is InChI=1S/C18H18N6O8S3.Na/c25-13(9-4-2-1-3-5-9)14(26)19-11-15(27)24-12(17(28)29)10(6-33-16(11)24)7-34-18-20-21-22-23(18)8-35(30,31)32;/h1-5,11,13,16,25H,6-8H2,(H,19,26)(H,28,29)(H,30,31,32);/p-1/t11-,13-,16-;/m1./s1. The first-order valence-corrected chi connectivity index (χ1v) is 13.4. The molecule has 2 aliphatic rings. The minimum atomic E-state index is -4.65. The Kier molecular flexibility index (Phi) is 9.20. The van der Waals surface area contributed by atoms with Crippen molar-refractivity contribution in [3.8, 4) is 0 Å². The number of fused-ring (bicyclic) bond motifs is 1. The van der Waals surface area contributed by atoms with Crippen LogP contribution in [0.25, 0.3) is 0 Å². The van der Waals surface area contributed by atoms with Crippen LogP contribution < -0.4 is 5.32 Å². The monoisotopic (exact) mass is 564 g/mol. The maximum Gasteiger partial charge on any atom is 0.352 e. The van der Waals surface area contributed by atoms with Crippen molar-refractivity contribution < 1.29 is 37.6 Å². The Morgan fingerprint density at radius 1 is 1.31 bits per heavy atom. The molecule has 0 unspecified atom stereocenters. The van der Waals surface area contributed by atoms with Gasteiger partial charge in [-0.3, -0.25) is 14.5 Å². The maximum atomic E-state index is 12.8. The molecule has 2 aliphatic heterocycles. The molecule has 4 rings (SSSR count). The van der Waals surface area contributed by atoms with Crippen LogP contribution in [0.5, 0.6) is 0 Å². The minimum absolute atomic E-state index is 0. The van der Waals surface area contributed by atoms with E-state index in [0.29, 0.717) is 11.1 Å². The number of tetrazole rings is 1. The molecule has 14 nitrogen and oxygen atoms in total. The molecule has 0 spiro atoms. The zero-order valence-electron chi connectivity index (χ0n) is 18.5. The fourth-order valence-corrected chi connectivity index (χ4v) is 6.41. The molecule has 3 heterocycles. The molecule has 36 heavy (non-hydrogen) atoms. The van der Waals surface area contributed by atoms with E-state index in [0.717, 1.165) is 21.3 Å². The number of β-lactam (4-membered cyclic amide) rings is 1. The van der Waals surface area contributed by atoms with Gasteiger partial charge in [0.25, 0.3) is 11.8 Å². The van der Waals surface area contributed by atoms with Crippen LogP contribution in [0.2, 0.25) is 0 Å². The maximum absolute atomic E-state index is 12.8. The van der Waals surface area contributed by atoms with Crippen LogP contribution in [-0.4, -0.2) is 119 Å². The van der Waals surface area contributed by atoms with E-state index in [-0.39, 0.29) is 51.9 Å². The average Bonchev–Trinajstić information content (AvgIpc) is 3.25. The molecule has 1 saturated heterocycles. The van der Waals surface area contributed by atoms with Crippen LogP contribution in [0.4, 0.5) is 0 Å². The molecule has 3 atom stereocenters. The summed E-state index contributed by atoms with van der Waals surface area (Å²) in [6, 6.07) is 7.14. The van der Waals surface area contributed by atoms with Gasteiger partial charge in [-0.1, -0.05) is 42.1 Å². The third kappa shape index (κ3) is 6.10. The second-order valence-corrected chi connectivity index (χ2v) is 10.8. The molecule has 0 bridgehead atoms. The number of carbonyl (C=O) groups is 3. The van der Waals surface area contributed by atoms with E-state index in [2.05, 4.69) is 20.8 Å². The van der Waals surface area contributed by atoms with Gasteiger partial charge in [0, 0.05) is 41.1 Å². The van der Waals surface area contributed by atoms with Crippen molar-refractivity contribution >= 4 is 81.0 Å². The van der Waals surface area contributed by atoms with E-state index < -0.39 is 51.3 Å². The zero-order chi connectivity index (χ0) is 25.3. The van der Waals surface area contributed by atoms with Crippen LogP contribution >= 0.6 is 23.5 Å². The molecule has 1 aromatic heterocycles. The van der Waals surface area contributed by atoms with Crippen LogP contribution in [0.3, 0.4) is 0 Å². The Morgan fingerprint density at radius 2 is 2.00 bits per heavy atom. The van der Waals surface area contributed by atoms with Gasteiger partial charge < -0.3 is 20.1 Å². The summed E-state index contributed by atoms with van der Waals surface area (Å²) in [5, 5.41) is 32.2. The number of hydrogen-bond donors (Lipinski definition) is 3. The Labute approximate surface area is 234 Å². The first kappa shape index (κ1) is 28.6. The van der Waals surface area contributed by atoms with Crippen LogP contribution in [-0.2, 0) is 30.4 Å². The number of nitrogens with zero attached hydrogens (tertiary/aromatic N) is 5. The molecule has 187 valence electrons. The number of carbonyl (C=O) groups excluding carboxylic acids is 2. The van der Waals surface area contributed by atoms with Crippen molar-refractivity contribution in [2.24, 2.45) is 0 Å². The second kappa shape index (κ2) is 11.6. The molecule has 3 N–H and O–H groups in total. The number of nitrogens with one attached hydrogen (secondary N) is 1. The first-order valence-electron chi connectivity index (χ1n) is 9.82. The normalized spacial score (nSPS) is 20.2. The molecular formula is C18H17N6NaO8S3-. The summed E-state index contributed by atoms with van der Waals surface area (Å²) in [7, 11) is -4.65. The van der Waals surface area contributed by atoms with Crippen molar-refractivity contribution in [2.45, 2.75) is 28.6 Å². The smallest absolute Gasteiger partial charge is 0.352 e. The summed E-state index contributed by atoms with van der Waals surface area (Å²) in [5.74, 6) is -3.55. The van der Waals surface area contributed by atoms with Crippen molar-refractivity contribution in [3.63, 3.8) is 0 Å². The van der Waals surface area contributed by atoms with E-state index in [1.54, 1.807) is 30.3 Å². The van der Waals surface area contributed by atoms with E-state index >= 15 is 0 Å². The zero-order valence-corrected chi connectivity index (χ0v) is 23.0. The predicted octanol–water partition coefficient (Wildman–Crippen LogP) is -1.64. The average molecular weight is 565 g/mol. The Morgan fingerprint density at radius 3 is 2.64 bits per heavy atom. The third-order valence-electron chi connectivity index (χ3n) is 5.07. The quantitative estimate of drug-likeness (QED) is 0.135. The summed E-state index contributed by atoms with van der Waals surface area (Å²) >= 11 is 2.14. The van der Waals surface area contributed by atoms with Gasteiger partial charge >= 0.3 is 5.97 Å². The summed E-state index contributed by atoms with van der Waals surface area (Å²) in [4.78, 5) is 38.3. The van der Waals surface area contributed by atoms with Gasteiger partial charge in [0.1, 0.15) is 33.1 Å². The van der Waals surface area contributed by atoms with Gasteiger partial charge in [-0.15, -0.1) is 16.9 Å². The number of rotatable bonds is 9. The van der Waals surface area contributed by atoms with E-state index in [4.69, 9.17) is 0 Å². The number of aliphatic hydroxyl groups excluding tert-OH is 1. The van der Waals surface area contributed by atoms with Gasteiger partial charge in [0.05, 0.1) is 0 Å². The van der Waals surface area contributed by atoms with Gasteiger partial charge in [-0.2, -0.15) is 0 Å². The third-order valence-corrected chi connectivity index (χ3v) is 8.01. The van der Waals surface area contributed by atoms with E-state index in [1.807, 2.05) is 0 Å². The number of aliphatic hydroxyl groups is 1. The van der Waals surface area contributed by atoms with Crippen molar-refractivity contribution in [1.82, 2.24) is 30.4 Å². The Bertz CT molecular complexity index is 1300. The number of carboxylic acid groups (broad SMARTS) is 1. The van der Waals surface area contributed by atoms with E-state index in [1.165, 1.54) is 11.8 Å². The van der Waals surface area contributed by atoms with Crippen molar-refractivity contribution in [3.05, 3.63) is 47.2 Å². The molecule has 0 saturated carbocycles. The van der Waals surface area contributed by atoms with Crippen LogP contribution in [0.1, 0.15) is 11.7 Å². The molecule has 0 aliphatic carbocycles.